The maximum atomic E-state index is 13.0. The van der Waals surface area contributed by atoms with Gasteiger partial charge in [0.15, 0.2) is 0 Å². The number of morpholine rings is 1. The number of urea groups is 1. The number of carbonyl (C=O) groups is 2. The SMILES string of the molecule is C[C@H]1CN(C(=O)N[C@@H]2CC(=O)N(c3ccc(F)cc3)C2)C[C@H](C)O1. The van der Waals surface area contributed by atoms with Crippen LogP contribution in [0.5, 0.6) is 0 Å². The minimum Gasteiger partial charge on any atom is -0.372 e. The topological polar surface area (TPSA) is 61.9 Å². The van der Waals surface area contributed by atoms with E-state index in [-0.39, 0.29) is 42.4 Å². The molecule has 1 N–H and O–H groups in total. The molecule has 0 radical (unpaired) electrons. The predicted molar refractivity (Wildman–Crippen MR) is 87.3 cm³/mol. The fraction of sp³-hybridized carbons (Fsp3) is 0.529. The van der Waals surface area contributed by atoms with E-state index < -0.39 is 0 Å². The van der Waals surface area contributed by atoms with Gasteiger partial charge in [0.25, 0.3) is 0 Å². The zero-order valence-corrected chi connectivity index (χ0v) is 13.9. The third-order valence-electron chi connectivity index (χ3n) is 4.30. The molecule has 3 atom stereocenters. The zero-order chi connectivity index (χ0) is 17.3. The van der Waals surface area contributed by atoms with Crippen molar-refractivity contribution in [2.75, 3.05) is 24.5 Å². The smallest absolute Gasteiger partial charge is 0.317 e. The fourth-order valence-corrected chi connectivity index (χ4v) is 3.28. The number of ether oxygens (including phenoxy) is 1. The molecule has 2 aliphatic heterocycles. The molecule has 1 aromatic carbocycles. The molecule has 0 aliphatic carbocycles. The number of amides is 3. The van der Waals surface area contributed by atoms with Gasteiger partial charge in [0.1, 0.15) is 5.82 Å². The van der Waals surface area contributed by atoms with Crippen molar-refractivity contribution < 1.29 is 18.7 Å². The van der Waals surface area contributed by atoms with Crippen molar-refractivity contribution in [3.05, 3.63) is 30.1 Å². The summed E-state index contributed by atoms with van der Waals surface area (Å²) in [7, 11) is 0. The lowest BCUT2D eigenvalue weighted by atomic mass is 10.2. The molecule has 0 aromatic heterocycles. The third-order valence-corrected chi connectivity index (χ3v) is 4.30. The van der Waals surface area contributed by atoms with Gasteiger partial charge in [0.2, 0.25) is 5.91 Å². The summed E-state index contributed by atoms with van der Waals surface area (Å²) in [6.07, 6.45) is 0.249. The molecule has 3 amide bonds. The quantitative estimate of drug-likeness (QED) is 0.896. The van der Waals surface area contributed by atoms with Crippen molar-refractivity contribution in [1.29, 1.82) is 0 Å². The summed E-state index contributed by atoms with van der Waals surface area (Å²) in [4.78, 5) is 27.9. The van der Waals surface area contributed by atoms with Crippen LogP contribution < -0.4 is 10.2 Å². The highest BCUT2D eigenvalue weighted by atomic mass is 19.1. The third kappa shape index (κ3) is 3.67. The van der Waals surface area contributed by atoms with Gasteiger partial charge in [-0.2, -0.15) is 0 Å². The van der Waals surface area contributed by atoms with Gasteiger partial charge in [0, 0.05) is 31.7 Å². The van der Waals surface area contributed by atoms with Crippen LogP contribution in [0.15, 0.2) is 24.3 Å². The van der Waals surface area contributed by atoms with Crippen LogP contribution in [0.1, 0.15) is 20.3 Å². The highest BCUT2D eigenvalue weighted by Crippen LogP contribution is 2.22. The monoisotopic (exact) mass is 335 g/mol. The molecule has 2 fully saturated rings. The molecular weight excluding hydrogens is 313 g/mol. The van der Waals surface area contributed by atoms with E-state index in [2.05, 4.69) is 5.32 Å². The van der Waals surface area contributed by atoms with Crippen LogP contribution in [0.3, 0.4) is 0 Å². The zero-order valence-electron chi connectivity index (χ0n) is 13.9. The van der Waals surface area contributed by atoms with Crippen molar-refractivity contribution in [2.45, 2.75) is 38.5 Å². The van der Waals surface area contributed by atoms with Crippen molar-refractivity contribution >= 4 is 17.6 Å². The average molecular weight is 335 g/mol. The Morgan fingerprint density at radius 1 is 1.17 bits per heavy atom. The highest BCUT2D eigenvalue weighted by molar-refractivity contribution is 5.96. The van der Waals surface area contributed by atoms with E-state index in [9.17, 15) is 14.0 Å². The predicted octanol–water partition coefficient (Wildman–Crippen LogP) is 1.75. The van der Waals surface area contributed by atoms with Crippen LogP contribution in [-0.4, -0.2) is 54.7 Å². The van der Waals surface area contributed by atoms with Gasteiger partial charge in [0.05, 0.1) is 18.2 Å². The number of halogens is 1. The standard InChI is InChI=1S/C17H22FN3O3/c1-11-8-20(9-12(2)24-11)17(23)19-14-7-16(22)21(10-14)15-5-3-13(18)4-6-15/h3-6,11-12,14H,7-10H2,1-2H3,(H,19,23)/t11-,12-,14+/m0/s1. The summed E-state index contributed by atoms with van der Waals surface area (Å²) in [6, 6.07) is 5.38. The molecule has 1 aromatic rings. The summed E-state index contributed by atoms with van der Waals surface area (Å²) in [5, 5.41) is 2.93. The lowest BCUT2D eigenvalue weighted by Crippen LogP contribution is -2.53. The molecule has 6 nitrogen and oxygen atoms in total. The summed E-state index contributed by atoms with van der Waals surface area (Å²) in [5.41, 5.74) is 0.645. The molecule has 0 spiro atoms. The first kappa shape index (κ1) is 16.7. The molecule has 7 heteroatoms. The Morgan fingerprint density at radius 2 is 1.79 bits per heavy atom. The maximum absolute atomic E-state index is 13.0. The van der Waals surface area contributed by atoms with Crippen molar-refractivity contribution in [1.82, 2.24) is 10.2 Å². The molecule has 2 heterocycles. The number of nitrogens with one attached hydrogen (secondary N) is 1. The van der Waals surface area contributed by atoms with E-state index in [0.717, 1.165) is 0 Å². The Labute approximate surface area is 140 Å². The normalized spacial score (nSPS) is 27.5. The van der Waals surface area contributed by atoms with Crippen LogP contribution in [0.25, 0.3) is 0 Å². The van der Waals surface area contributed by atoms with Crippen LogP contribution in [0, 0.1) is 5.82 Å². The van der Waals surface area contributed by atoms with Crippen LogP contribution in [0.2, 0.25) is 0 Å². The van der Waals surface area contributed by atoms with Gasteiger partial charge in [-0.3, -0.25) is 4.79 Å². The maximum Gasteiger partial charge on any atom is 0.317 e. The van der Waals surface area contributed by atoms with Gasteiger partial charge in [-0.05, 0) is 38.1 Å². The first-order chi connectivity index (χ1) is 11.4. The van der Waals surface area contributed by atoms with Gasteiger partial charge in [-0.1, -0.05) is 0 Å². The van der Waals surface area contributed by atoms with Crippen molar-refractivity contribution in [3.8, 4) is 0 Å². The highest BCUT2D eigenvalue weighted by Gasteiger charge is 2.33. The molecule has 0 unspecified atom stereocenters. The first-order valence-corrected chi connectivity index (χ1v) is 8.19. The molecular formula is C17H22FN3O3. The van der Waals surface area contributed by atoms with E-state index in [0.29, 0.717) is 25.3 Å². The second-order valence-electron chi connectivity index (χ2n) is 6.49. The summed E-state index contributed by atoms with van der Waals surface area (Å²) >= 11 is 0. The van der Waals surface area contributed by atoms with E-state index >= 15 is 0 Å². The van der Waals surface area contributed by atoms with Crippen molar-refractivity contribution in [2.24, 2.45) is 0 Å². The molecule has 130 valence electrons. The Hall–Kier alpha value is -2.15. The Balaban J connectivity index is 1.59. The molecule has 24 heavy (non-hydrogen) atoms. The molecule has 2 aliphatic rings. The molecule has 0 bridgehead atoms. The number of carbonyl (C=O) groups excluding carboxylic acids is 2. The average Bonchev–Trinajstić information content (AvgIpc) is 2.87. The largest absolute Gasteiger partial charge is 0.372 e. The van der Waals surface area contributed by atoms with E-state index in [1.165, 1.54) is 12.1 Å². The second kappa shape index (κ2) is 6.76. The Morgan fingerprint density at radius 3 is 2.42 bits per heavy atom. The Kier molecular flexibility index (Phi) is 4.71. The number of anilines is 1. The second-order valence-corrected chi connectivity index (χ2v) is 6.49. The summed E-state index contributed by atoms with van der Waals surface area (Å²) in [6.45, 7) is 5.35. The number of nitrogens with zero attached hydrogens (tertiary/aromatic N) is 2. The van der Waals surface area contributed by atoms with Crippen LogP contribution in [0.4, 0.5) is 14.9 Å². The van der Waals surface area contributed by atoms with Gasteiger partial charge >= 0.3 is 6.03 Å². The minimum atomic E-state index is -0.342. The summed E-state index contributed by atoms with van der Waals surface area (Å²) < 4.78 is 18.6. The van der Waals surface area contributed by atoms with E-state index in [1.54, 1.807) is 21.9 Å². The van der Waals surface area contributed by atoms with Gasteiger partial charge < -0.3 is 19.9 Å². The molecule has 0 saturated carbocycles. The molecule has 2 saturated heterocycles. The number of rotatable bonds is 2. The fourth-order valence-electron chi connectivity index (χ4n) is 3.28. The van der Waals surface area contributed by atoms with Gasteiger partial charge in [-0.25, -0.2) is 9.18 Å². The van der Waals surface area contributed by atoms with E-state index in [4.69, 9.17) is 4.74 Å². The van der Waals surface area contributed by atoms with E-state index in [1.807, 2.05) is 13.8 Å². The minimum absolute atomic E-state index is 0.000392. The first-order valence-electron chi connectivity index (χ1n) is 8.19. The summed E-state index contributed by atoms with van der Waals surface area (Å²) in [5.74, 6) is -0.415. The number of benzene rings is 1. The van der Waals surface area contributed by atoms with Crippen molar-refractivity contribution in [3.63, 3.8) is 0 Å². The van der Waals surface area contributed by atoms with Crippen LogP contribution in [-0.2, 0) is 9.53 Å². The Bertz CT molecular complexity index is 612. The van der Waals surface area contributed by atoms with Gasteiger partial charge in [-0.15, -0.1) is 0 Å². The molecule has 3 rings (SSSR count). The van der Waals surface area contributed by atoms with Crippen LogP contribution >= 0.6 is 0 Å². The lowest BCUT2D eigenvalue weighted by Gasteiger charge is -2.35. The lowest BCUT2D eigenvalue weighted by molar-refractivity contribution is -0.117. The number of hydrogen-bond acceptors (Lipinski definition) is 3. The number of hydrogen-bond donors (Lipinski definition) is 1.